The number of unbranched alkanes of at least 4 members (excludes halogenated alkanes) is 3. The van der Waals surface area contributed by atoms with E-state index in [-0.39, 0.29) is 0 Å². The fraction of sp³-hybridized carbons (Fsp3) is 0.440. The lowest BCUT2D eigenvalue weighted by Gasteiger charge is -2.31. The molecule has 2 aromatic rings. The van der Waals surface area contributed by atoms with Crippen LogP contribution in [0.1, 0.15) is 41.6 Å². The van der Waals surface area contributed by atoms with Gasteiger partial charge in [0.25, 0.3) is 0 Å². The standard InChI is InChI=1S/C25H35NO4Si2/c1-31(2,3)30-32(4,5)19-9-7-6-8-18-28-23-16-12-22(13-17-23)25(27)29-24-14-10-21(20-26)11-15-24/h10-17H,6-9,18-19H2,1-5H3. The summed E-state index contributed by atoms with van der Waals surface area (Å²) < 4.78 is 17.5. The molecule has 0 fully saturated rings. The third kappa shape index (κ3) is 9.81. The third-order valence-corrected chi connectivity index (χ3v) is 11.0. The van der Waals surface area contributed by atoms with Crippen molar-refractivity contribution < 1.29 is 18.4 Å². The quantitative estimate of drug-likeness (QED) is 0.148. The van der Waals surface area contributed by atoms with Gasteiger partial charge in [-0.25, -0.2) is 4.79 Å². The molecule has 0 heterocycles. The van der Waals surface area contributed by atoms with Gasteiger partial charge in [0.1, 0.15) is 11.5 Å². The van der Waals surface area contributed by atoms with E-state index in [9.17, 15) is 4.79 Å². The predicted molar refractivity (Wildman–Crippen MR) is 133 cm³/mol. The molecule has 0 radical (unpaired) electrons. The number of hydrogen-bond donors (Lipinski definition) is 0. The van der Waals surface area contributed by atoms with Gasteiger partial charge in [0, 0.05) is 0 Å². The van der Waals surface area contributed by atoms with Crippen LogP contribution in [0.15, 0.2) is 48.5 Å². The minimum atomic E-state index is -1.52. The molecule has 0 atom stereocenters. The van der Waals surface area contributed by atoms with Crippen LogP contribution in [0.3, 0.4) is 0 Å². The molecule has 0 bridgehead atoms. The molecule has 7 heteroatoms. The smallest absolute Gasteiger partial charge is 0.343 e. The number of carbonyl (C=O) groups excluding carboxylic acids is 1. The molecule has 0 spiro atoms. The highest BCUT2D eigenvalue weighted by molar-refractivity contribution is 6.84. The van der Waals surface area contributed by atoms with Gasteiger partial charge in [0.15, 0.2) is 16.6 Å². The van der Waals surface area contributed by atoms with Gasteiger partial charge >= 0.3 is 5.97 Å². The van der Waals surface area contributed by atoms with Crippen LogP contribution >= 0.6 is 0 Å². The number of nitrogens with zero attached hydrogens (tertiary/aromatic N) is 1. The summed E-state index contributed by atoms with van der Waals surface area (Å²) in [6.45, 7) is 12.1. The molecule has 2 rings (SSSR count). The van der Waals surface area contributed by atoms with E-state index in [1.807, 2.05) is 6.07 Å². The molecule has 0 N–H and O–H groups in total. The number of rotatable bonds is 12. The van der Waals surface area contributed by atoms with E-state index in [1.54, 1.807) is 48.5 Å². The van der Waals surface area contributed by atoms with Crippen molar-refractivity contribution in [1.29, 1.82) is 5.26 Å². The lowest BCUT2D eigenvalue weighted by atomic mass is 10.2. The summed E-state index contributed by atoms with van der Waals surface area (Å²) in [6, 6.07) is 16.7. The minimum Gasteiger partial charge on any atom is -0.494 e. The summed E-state index contributed by atoms with van der Waals surface area (Å²) in [4.78, 5) is 12.3. The van der Waals surface area contributed by atoms with Crippen molar-refractivity contribution >= 4 is 22.6 Å². The monoisotopic (exact) mass is 469 g/mol. The first-order valence-corrected chi connectivity index (χ1v) is 17.8. The molecule has 0 unspecified atom stereocenters. The Kier molecular flexibility index (Phi) is 9.69. The first-order valence-electron chi connectivity index (χ1n) is 11.2. The van der Waals surface area contributed by atoms with Crippen molar-refractivity contribution in [2.45, 2.75) is 64.5 Å². The van der Waals surface area contributed by atoms with Crippen molar-refractivity contribution in [3.05, 3.63) is 59.7 Å². The highest BCUT2D eigenvalue weighted by Gasteiger charge is 2.28. The molecule has 0 saturated carbocycles. The van der Waals surface area contributed by atoms with E-state index in [4.69, 9.17) is 18.9 Å². The molecule has 32 heavy (non-hydrogen) atoms. The Bertz CT molecular complexity index is 898. The Morgan fingerprint density at radius 1 is 0.844 bits per heavy atom. The normalized spacial score (nSPS) is 11.6. The Labute approximate surface area is 194 Å². The van der Waals surface area contributed by atoms with Crippen LogP contribution in [0.2, 0.25) is 38.8 Å². The zero-order valence-corrected chi connectivity index (χ0v) is 21.9. The maximum atomic E-state index is 12.3. The third-order valence-electron chi connectivity index (χ3n) is 4.81. The van der Waals surface area contributed by atoms with Gasteiger partial charge in [-0.1, -0.05) is 19.3 Å². The molecule has 0 aliphatic heterocycles. The highest BCUT2D eigenvalue weighted by atomic mass is 28.4. The van der Waals surface area contributed by atoms with Crippen LogP contribution in [0, 0.1) is 11.3 Å². The number of esters is 1. The number of benzene rings is 2. The van der Waals surface area contributed by atoms with E-state index in [0.29, 0.717) is 23.5 Å². The Hall–Kier alpha value is -2.41. The molecule has 0 aliphatic rings. The molecule has 5 nitrogen and oxygen atoms in total. The zero-order chi connectivity index (χ0) is 23.6. The molecule has 0 amide bonds. The lowest BCUT2D eigenvalue weighted by molar-refractivity contribution is 0.0734. The first kappa shape index (κ1) is 25.9. The van der Waals surface area contributed by atoms with Crippen LogP contribution in [0.4, 0.5) is 0 Å². The van der Waals surface area contributed by atoms with Crippen molar-refractivity contribution in [3.63, 3.8) is 0 Å². The van der Waals surface area contributed by atoms with Crippen LogP contribution in [-0.2, 0) is 4.12 Å². The molecular formula is C25H35NO4Si2. The van der Waals surface area contributed by atoms with Gasteiger partial charge in [0.2, 0.25) is 0 Å². The summed E-state index contributed by atoms with van der Waals surface area (Å²) in [5.41, 5.74) is 0.974. The maximum absolute atomic E-state index is 12.3. The van der Waals surface area contributed by atoms with Gasteiger partial charge in [-0.3, -0.25) is 0 Å². The van der Waals surface area contributed by atoms with Crippen molar-refractivity contribution in [1.82, 2.24) is 0 Å². The van der Waals surface area contributed by atoms with Gasteiger partial charge < -0.3 is 13.6 Å². The summed E-state index contributed by atoms with van der Waals surface area (Å²) in [6.07, 6.45) is 4.58. The zero-order valence-electron chi connectivity index (χ0n) is 19.9. The van der Waals surface area contributed by atoms with Gasteiger partial charge in [-0.2, -0.15) is 5.26 Å². The summed E-state index contributed by atoms with van der Waals surface area (Å²) in [7, 11) is -2.97. The first-order chi connectivity index (χ1) is 15.1. The van der Waals surface area contributed by atoms with Crippen molar-refractivity contribution in [2.24, 2.45) is 0 Å². The second-order valence-corrected chi connectivity index (χ2v) is 18.6. The number of ether oxygens (including phenoxy) is 2. The van der Waals surface area contributed by atoms with Crippen molar-refractivity contribution in [3.8, 4) is 17.6 Å². The van der Waals surface area contributed by atoms with Gasteiger partial charge in [-0.15, -0.1) is 0 Å². The number of carbonyl (C=O) groups is 1. The van der Waals surface area contributed by atoms with Crippen molar-refractivity contribution in [2.75, 3.05) is 6.61 Å². The molecule has 2 aromatic carbocycles. The molecule has 0 saturated heterocycles. The van der Waals surface area contributed by atoms with Gasteiger partial charge in [0.05, 0.1) is 23.8 Å². The minimum absolute atomic E-state index is 0.410. The van der Waals surface area contributed by atoms with Crippen LogP contribution in [-0.4, -0.2) is 29.2 Å². The predicted octanol–water partition coefficient (Wildman–Crippen LogP) is 6.77. The Morgan fingerprint density at radius 2 is 1.44 bits per heavy atom. The van der Waals surface area contributed by atoms with Crippen LogP contribution in [0.25, 0.3) is 0 Å². The average molecular weight is 470 g/mol. The SMILES string of the molecule is C[Si](C)(C)O[Si](C)(C)CCCCCCOc1ccc(C(=O)Oc2ccc(C#N)cc2)cc1. The summed E-state index contributed by atoms with van der Waals surface area (Å²) in [5.74, 6) is 0.718. The van der Waals surface area contributed by atoms with E-state index in [2.05, 4.69) is 32.7 Å². The topological polar surface area (TPSA) is 68.6 Å². The van der Waals surface area contributed by atoms with Gasteiger partial charge in [-0.05, 0) is 93.7 Å². The van der Waals surface area contributed by atoms with E-state index >= 15 is 0 Å². The lowest BCUT2D eigenvalue weighted by Crippen LogP contribution is -2.42. The van der Waals surface area contributed by atoms with Crippen LogP contribution < -0.4 is 9.47 Å². The Balaban J connectivity index is 1.65. The highest BCUT2D eigenvalue weighted by Crippen LogP contribution is 2.22. The summed E-state index contributed by atoms with van der Waals surface area (Å²) in [5, 5.41) is 8.82. The second kappa shape index (κ2) is 12.0. The second-order valence-electron chi connectivity index (χ2n) is 9.54. The fourth-order valence-corrected chi connectivity index (χ4v) is 11.7. The largest absolute Gasteiger partial charge is 0.494 e. The van der Waals surface area contributed by atoms with E-state index < -0.39 is 22.6 Å². The maximum Gasteiger partial charge on any atom is 0.343 e. The van der Waals surface area contributed by atoms with E-state index in [0.717, 1.165) is 18.6 Å². The molecule has 0 aliphatic carbocycles. The fourth-order valence-electron chi connectivity index (χ4n) is 3.53. The molecular weight excluding hydrogens is 434 g/mol. The number of hydrogen-bond acceptors (Lipinski definition) is 5. The van der Waals surface area contributed by atoms with Crippen LogP contribution in [0.5, 0.6) is 11.5 Å². The Morgan fingerprint density at radius 3 is 2.03 bits per heavy atom. The van der Waals surface area contributed by atoms with E-state index in [1.165, 1.54) is 18.9 Å². The number of nitriles is 1. The average Bonchev–Trinajstić information content (AvgIpc) is 2.72. The molecule has 172 valence electrons. The summed E-state index contributed by atoms with van der Waals surface area (Å²) >= 11 is 0. The molecule has 0 aromatic heterocycles.